The standard InChI is InChI=1S/C23H23F3N4O3S/c1-3-32-19-9-8-15(10-20(19)33-4-2)13-27-30-21(31)12-18-14-34-22(29-18)28-17-7-5-6-16(11-17)23(24,25)26/h5-11,13-14H,3-4,12H2,1-2H3,(H,28,29)(H,30,31)/b27-13-. The third kappa shape index (κ3) is 7.20. The number of carbonyl (C=O) groups is 1. The Morgan fingerprint density at radius 2 is 1.88 bits per heavy atom. The summed E-state index contributed by atoms with van der Waals surface area (Å²) in [4.78, 5) is 16.4. The first-order valence-electron chi connectivity index (χ1n) is 10.4. The van der Waals surface area contributed by atoms with Gasteiger partial charge in [-0.05, 0) is 55.8 Å². The Kier molecular flexibility index (Phi) is 8.47. The van der Waals surface area contributed by atoms with E-state index in [1.54, 1.807) is 23.6 Å². The molecule has 2 N–H and O–H groups in total. The largest absolute Gasteiger partial charge is 0.490 e. The third-order valence-corrected chi connectivity index (χ3v) is 5.11. The van der Waals surface area contributed by atoms with Crippen molar-refractivity contribution in [1.82, 2.24) is 10.4 Å². The first kappa shape index (κ1) is 25.0. The lowest BCUT2D eigenvalue weighted by molar-refractivity contribution is -0.137. The normalized spacial score (nSPS) is 11.4. The molecule has 0 fully saturated rings. The fourth-order valence-corrected chi connectivity index (χ4v) is 3.60. The molecule has 1 amide bonds. The van der Waals surface area contributed by atoms with Gasteiger partial charge in [-0.3, -0.25) is 4.79 Å². The van der Waals surface area contributed by atoms with E-state index in [-0.39, 0.29) is 18.0 Å². The lowest BCUT2D eigenvalue weighted by Gasteiger charge is -2.11. The van der Waals surface area contributed by atoms with Crippen molar-refractivity contribution in [3.05, 3.63) is 64.7 Å². The number of nitrogens with zero attached hydrogens (tertiary/aromatic N) is 2. The zero-order chi connectivity index (χ0) is 24.6. The van der Waals surface area contributed by atoms with Gasteiger partial charge in [0.25, 0.3) is 0 Å². The van der Waals surface area contributed by atoms with E-state index in [0.717, 1.165) is 12.1 Å². The Morgan fingerprint density at radius 1 is 1.12 bits per heavy atom. The van der Waals surface area contributed by atoms with E-state index < -0.39 is 11.7 Å². The molecule has 0 saturated heterocycles. The highest BCUT2D eigenvalue weighted by molar-refractivity contribution is 7.13. The van der Waals surface area contributed by atoms with Crippen LogP contribution in [0.2, 0.25) is 0 Å². The molecule has 34 heavy (non-hydrogen) atoms. The number of thiazole rings is 1. The summed E-state index contributed by atoms with van der Waals surface area (Å²) in [7, 11) is 0. The van der Waals surface area contributed by atoms with Crippen molar-refractivity contribution in [1.29, 1.82) is 0 Å². The van der Waals surface area contributed by atoms with Crippen molar-refractivity contribution in [2.75, 3.05) is 18.5 Å². The van der Waals surface area contributed by atoms with Crippen LogP contribution in [-0.4, -0.2) is 30.3 Å². The van der Waals surface area contributed by atoms with Crippen molar-refractivity contribution in [2.24, 2.45) is 5.10 Å². The quantitative estimate of drug-likeness (QED) is 0.293. The summed E-state index contributed by atoms with van der Waals surface area (Å²) < 4.78 is 49.7. The summed E-state index contributed by atoms with van der Waals surface area (Å²) in [6.07, 6.45) is -2.98. The smallest absolute Gasteiger partial charge is 0.416 e. The fourth-order valence-electron chi connectivity index (χ4n) is 2.87. The monoisotopic (exact) mass is 492 g/mol. The minimum atomic E-state index is -4.43. The third-order valence-electron chi connectivity index (χ3n) is 4.30. The van der Waals surface area contributed by atoms with Crippen molar-refractivity contribution in [3.8, 4) is 11.5 Å². The average molecular weight is 493 g/mol. The maximum atomic E-state index is 12.9. The Bertz CT molecular complexity index is 1150. The molecule has 0 spiro atoms. The van der Waals surface area contributed by atoms with Crippen molar-refractivity contribution >= 4 is 34.3 Å². The Hall–Kier alpha value is -3.60. The van der Waals surface area contributed by atoms with Crippen molar-refractivity contribution in [2.45, 2.75) is 26.4 Å². The number of amides is 1. The van der Waals surface area contributed by atoms with Gasteiger partial charge >= 0.3 is 6.18 Å². The van der Waals surface area contributed by atoms with Gasteiger partial charge < -0.3 is 14.8 Å². The Balaban J connectivity index is 1.55. The molecule has 3 rings (SSSR count). The minimum Gasteiger partial charge on any atom is -0.490 e. The molecular weight excluding hydrogens is 469 g/mol. The summed E-state index contributed by atoms with van der Waals surface area (Å²) in [5, 5.41) is 8.81. The predicted molar refractivity (Wildman–Crippen MR) is 125 cm³/mol. The molecular formula is C23H23F3N4O3S. The molecule has 7 nitrogen and oxygen atoms in total. The van der Waals surface area contributed by atoms with Gasteiger partial charge in [0, 0.05) is 11.1 Å². The van der Waals surface area contributed by atoms with Crippen LogP contribution in [0.5, 0.6) is 11.5 Å². The van der Waals surface area contributed by atoms with E-state index in [2.05, 4.69) is 20.8 Å². The Morgan fingerprint density at radius 3 is 2.62 bits per heavy atom. The number of rotatable bonds is 10. The molecule has 0 aliphatic heterocycles. The summed E-state index contributed by atoms with van der Waals surface area (Å²) >= 11 is 1.18. The summed E-state index contributed by atoms with van der Waals surface area (Å²) in [5.74, 6) is 0.828. The second-order valence-corrected chi connectivity index (χ2v) is 7.75. The number of nitrogens with one attached hydrogen (secondary N) is 2. The van der Waals surface area contributed by atoms with E-state index in [4.69, 9.17) is 9.47 Å². The zero-order valence-electron chi connectivity index (χ0n) is 18.5. The maximum absolute atomic E-state index is 12.9. The minimum absolute atomic E-state index is 0.0361. The Labute approximate surface area is 198 Å². The first-order valence-corrected chi connectivity index (χ1v) is 11.3. The molecule has 1 aromatic heterocycles. The number of anilines is 2. The van der Waals surface area contributed by atoms with E-state index in [9.17, 15) is 18.0 Å². The van der Waals surface area contributed by atoms with Gasteiger partial charge in [-0.25, -0.2) is 10.4 Å². The summed E-state index contributed by atoms with van der Waals surface area (Å²) in [6.45, 7) is 4.75. The molecule has 0 unspecified atom stereocenters. The molecule has 0 bridgehead atoms. The molecule has 0 atom stereocenters. The molecule has 1 heterocycles. The zero-order valence-corrected chi connectivity index (χ0v) is 19.3. The lowest BCUT2D eigenvalue weighted by atomic mass is 10.2. The van der Waals surface area contributed by atoms with Crippen LogP contribution in [-0.2, 0) is 17.4 Å². The van der Waals surface area contributed by atoms with E-state index in [1.165, 1.54) is 29.7 Å². The van der Waals surface area contributed by atoms with Crippen LogP contribution < -0.4 is 20.2 Å². The van der Waals surface area contributed by atoms with Crippen LogP contribution in [0, 0.1) is 0 Å². The molecule has 0 aliphatic rings. The molecule has 0 saturated carbocycles. The van der Waals surface area contributed by atoms with Crippen LogP contribution in [0.25, 0.3) is 0 Å². The number of hydrazone groups is 1. The molecule has 0 radical (unpaired) electrons. The van der Waals surface area contributed by atoms with Crippen LogP contribution in [0.15, 0.2) is 52.9 Å². The van der Waals surface area contributed by atoms with Gasteiger partial charge in [-0.2, -0.15) is 18.3 Å². The highest BCUT2D eigenvalue weighted by Crippen LogP contribution is 2.32. The second kappa shape index (κ2) is 11.5. The average Bonchev–Trinajstić information content (AvgIpc) is 3.22. The highest BCUT2D eigenvalue weighted by atomic mass is 32.1. The van der Waals surface area contributed by atoms with Gasteiger partial charge in [0.2, 0.25) is 5.91 Å². The van der Waals surface area contributed by atoms with Gasteiger partial charge in [0.1, 0.15) is 0 Å². The van der Waals surface area contributed by atoms with Crippen LogP contribution in [0.1, 0.15) is 30.7 Å². The molecule has 3 aromatic rings. The highest BCUT2D eigenvalue weighted by Gasteiger charge is 2.30. The van der Waals surface area contributed by atoms with E-state index in [1.807, 2.05) is 13.8 Å². The number of hydrogen-bond acceptors (Lipinski definition) is 7. The van der Waals surface area contributed by atoms with Gasteiger partial charge in [-0.1, -0.05) is 6.07 Å². The van der Waals surface area contributed by atoms with Crippen LogP contribution in [0.4, 0.5) is 24.0 Å². The van der Waals surface area contributed by atoms with E-state index >= 15 is 0 Å². The number of ether oxygens (including phenoxy) is 2. The molecule has 11 heteroatoms. The number of hydrogen-bond donors (Lipinski definition) is 2. The molecule has 2 aromatic carbocycles. The van der Waals surface area contributed by atoms with Crippen LogP contribution in [0.3, 0.4) is 0 Å². The lowest BCUT2D eigenvalue weighted by Crippen LogP contribution is -2.19. The fraction of sp³-hybridized carbons (Fsp3) is 0.261. The second-order valence-electron chi connectivity index (χ2n) is 6.89. The number of carbonyl (C=O) groups excluding carboxylic acids is 1. The molecule has 180 valence electrons. The van der Waals surface area contributed by atoms with E-state index in [0.29, 0.717) is 41.1 Å². The molecule has 0 aliphatic carbocycles. The predicted octanol–water partition coefficient (Wildman–Crippen LogP) is 5.40. The maximum Gasteiger partial charge on any atom is 0.416 e. The van der Waals surface area contributed by atoms with Gasteiger partial charge in [0.15, 0.2) is 16.6 Å². The number of aromatic nitrogens is 1. The number of halogens is 3. The first-order chi connectivity index (χ1) is 16.3. The summed E-state index contributed by atoms with van der Waals surface area (Å²) in [5.41, 5.74) is 3.11. The number of benzene rings is 2. The van der Waals surface area contributed by atoms with Crippen molar-refractivity contribution < 1.29 is 27.4 Å². The SMILES string of the molecule is CCOc1ccc(/C=N\NC(=O)Cc2csc(Nc3cccc(C(F)(F)F)c3)n2)cc1OCC. The number of alkyl halides is 3. The van der Waals surface area contributed by atoms with Gasteiger partial charge in [0.05, 0.1) is 37.1 Å². The van der Waals surface area contributed by atoms with Crippen LogP contribution >= 0.6 is 11.3 Å². The summed E-state index contributed by atoms with van der Waals surface area (Å²) in [6, 6.07) is 10.1. The van der Waals surface area contributed by atoms with Crippen molar-refractivity contribution in [3.63, 3.8) is 0 Å². The topological polar surface area (TPSA) is 84.8 Å². The van der Waals surface area contributed by atoms with Gasteiger partial charge in [-0.15, -0.1) is 11.3 Å².